The van der Waals surface area contributed by atoms with Crippen LogP contribution in [-0.4, -0.2) is 15.5 Å². The summed E-state index contributed by atoms with van der Waals surface area (Å²) in [5.74, 6) is 0.574. The Morgan fingerprint density at radius 1 is 1.19 bits per heavy atom. The fourth-order valence-electron chi connectivity index (χ4n) is 3.06. The second-order valence-corrected chi connectivity index (χ2v) is 6.34. The molecule has 4 rings (SSSR count). The maximum Gasteiger partial charge on any atom is 0.252 e. The lowest BCUT2D eigenvalue weighted by Gasteiger charge is -2.11. The van der Waals surface area contributed by atoms with E-state index in [0.29, 0.717) is 12.1 Å². The number of aryl methyl sites for hydroxylation is 2. The first kappa shape index (κ1) is 16.1. The molecule has 0 radical (unpaired) electrons. The first-order chi connectivity index (χ1) is 12.6. The van der Waals surface area contributed by atoms with Gasteiger partial charge in [0.05, 0.1) is 35.3 Å². The van der Waals surface area contributed by atoms with E-state index in [0.717, 1.165) is 33.6 Å². The number of nitrogens with one attached hydrogen (secondary N) is 1. The van der Waals surface area contributed by atoms with Crippen LogP contribution in [0, 0.1) is 6.92 Å². The number of carbonyl (C=O) groups excluding carboxylic acids is 1. The number of hydrogen-bond donors (Lipinski definition) is 1. The third kappa shape index (κ3) is 2.99. The van der Waals surface area contributed by atoms with Gasteiger partial charge in [-0.05, 0) is 49.4 Å². The van der Waals surface area contributed by atoms with Gasteiger partial charge in [0.1, 0.15) is 5.76 Å². The molecule has 26 heavy (non-hydrogen) atoms. The standard InChI is InChI=1S/C21H19N3O2/c1-14-7-8-18-16(11-14)17(21(25)22-13-15-5-4-10-26-15)12-19(23-18)20-6-3-9-24(20)2/h3-12H,13H2,1-2H3,(H,22,25). The molecule has 3 aromatic heterocycles. The van der Waals surface area contributed by atoms with Crippen LogP contribution in [0.5, 0.6) is 0 Å². The second-order valence-electron chi connectivity index (χ2n) is 6.34. The predicted molar refractivity (Wildman–Crippen MR) is 101 cm³/mol. The number of rotatable bonds is 4. The number of fused-ring (bicyclic) bond motifs is 1. The van der Waals surface area contributed by atoms with Crippen molar-refractivity contribution in [2.45, 2.75) is 13.5 Å². The van der Waals surface area contributed by atoms with Gasteiger partial charge in [0, 0.05) is 18.6 Å². The van der Waals surface area contributed by atoms with Crippen LogP contribution >= 0.6 is 0 Å². The van der Waals surface area contributed by atoms with Gasteiger partial charge in [-0.1, -0.05) is 11.6 Å². The van der Waals surface area contributed by atoms with Crippen LogP contribution in [0.15, 0.2) is 65.4 Å². The van der Waals surface area contributed by atoms with Crippen molar-refractivity contribution in [3.05, 3.63) is 77.9 Å². The zero-order valence-corrected chi connectivity index (χ0v) is 14.7. The zero-order chi connectivity index (χ0) is 18.1. The van der Waals surface area contributed by atoms with E-state index in [4.69, 9.17) is 9.40 Å². The molecule has 0 aliphatic heterocycles. The molecule has 130 valence electrons. The van der Waals surface area contributed by atoms with Crippen LogP contribution in [0.1, 0.15) is 21.7 Å². The summed E-state index contributed by atoms with van der Waals surface area (Å²) in [6.45, 7) is 2.36. The molecular formula is C21H19N3O2. The maximum absolute atomic E-state index is 12.9. The number of pyridine rings is 1. The fraction of sp³-hybridized carbons (Fsp3) is 0.143. The molecule has 0 fully saturated rings. The number of amides is 1. The quantitative estimate of drug-likeness (QED) is 0.606. The molecule has 5 heteroatoms. The van der Waals surface area contributed by atoms with E-state index in [1.165, 1.54) is 0 Å². The highest BCUT2D eigenvalue weighted by molar-refractivity contribution is 6.07. The SMILES string of the molecule is Cc1ccc2nc(-c3cccn3C)cc(C(=O)NCc3ccco3)c2c1. The van der Waals surface area contributed by atoms with Gasteiger partial charge >= 0.3 is 0 Å². The molecule has 0 saturated heterocycles. The van der Waals surface area contributed by atoms with E-state index >= 15 is 0 Å². The summed E-state index contributed by atoms with van der Waals surface area (Å²) >= 11 is 0. The van der Waals surface area contributed by atoms with Gasteiger partial charge < -0.3 is 14.3 Å². The van der Waals surface area contributed by atoms with Crippen LogP contribution in [0.3, 0.4) is 0 Å². The fourth-order valence-corrected chi connectivity index (χ4v) is 3.06. The molecule has 0 bridgehead atoms. The van der Waals surface area contributed by atoms with Gasteiger partial charge in [-0.3, -0.25) is 4.79 Å². The largest absolute Gasteiger partial charge is 0.467 e. The average Bonchev–Trinajstić information content (AvgIpc) is 3.30. The van der Waals surface area contributed by atoms with Crippen LogP contribution in [-0.2, 0) is 13.6 Å². The summed E-state index contributed by atoms with van der Waals surface area (Å²) in [4.78, 5) is 17.6. The Hall–Kier alpha value is -3.34. The highest BCUT2D eigenvalue weighted by Crippen LogP contribution is 2.26. The Bertz CT molecular complexity index is 1080. The smallest absolute Gasteiger partial charge is 0.252 e. The third-order valence-electron chi connectivity index (χ3n) is 4.42. The number of carbonyl (C=O) groups is 1. The molecule has 0 spiro atoms. The molecular weight excluding hydrogens is 326 g/mol. The summed E-state index contributed by atoms with van der Waals surface area (Å²) in [5, 5.41) is 3.78. The van der Waals surface area contributed by atoms with E-state index < -0.39 is 0 Å². The summed E-state index contributed by atoms with van der Waals surface area (Å²) in [7, 11) is 1.97. The minimum atomic E-state index is -0.144. The van der Waals surface area contributed by atoms with Gasteiger partial charge in [0.2, 0.25) is 0 Å². The topological polar surface area (TPSA) is 60.1 Å². The van der Waals surface area contributed by atoms with Crippen LogP contribution in [0.4, 0.5) is 0 Å². The molecule has 0 unspecified atom stereocenters. The van der Waals surface area contributed by atoms with Crippen molar-refractivity contribution in [1.29, 1.82) is 0 Å². The van der Waals surface area contributed by atoms with Crippen molar-refractivity contribution in [2.24, 2.45) is 7.05 Å². The Morgan fingerprint density at radius 3 is 2.81 bits per heavy atom. The van der Waals surface area contributed by atoms with Crippen LogP contribution in [0.25, 0.3) is 22.3 Å². The zero-order valence-electron chi connectivity index (χ0n) is 14.7. The van der Waals surface area contributed by atoms with E-state index in [1.807, 2.05) is 67.2 Å². The summed E-state index contributed by atoms with van der Waals surface area (Å²) < 4.78 is 7.29. The molecule has 5 nitrogen and oxygen atoms in total. The molecule has 1 N–H and O–H groups in total. The van der Waals surface area contributed by atoms with Crippen molar-refractivity contribution in [3.8, 4) is 11.4 Å². The predicted octanol–water partition coefficient (Wildman–Crippen LogP) is 4.07. The lowest BCUT2D eigenvalue weighted by Crippen LogP contribution is -2.23. The number of furan rings is 1. The summed E-state index contributed by atoms with van der Waals surface area (Å²) in [5.41, 5.74) is 4.24. The van der Waals surface area contributed by atoms with E-state index in [1.54, 1.807) is 12.3 Å². The van der Waals surface area contributed by atoms with E-state index in [2.05, 4.69) is 5.32 Å². The van der Waals surface area contributed by atoms with Crippen molar-refractivity contribution in [3.63, 3.8) is 0 Å². The molecule has 0 saturated carbocycles. The molecule has 0 atom stereocenters. The van der Waals surface area contributed by atoms with Gasteiger partial charge in [0.15, 0.2) is 0 Å². The Morgan fingerprint density at radius 2 is 2.08 bits per heavy atom. The average molecular weight is 345 g/mol. The third-order valence-corrected chi connectivity index (χ3v) is 4.42. The Balaban J connectivity index is 1.79. The first-order valence-corrected chi connectivity index (χ1v) is 8.45. The normalized spacial score (nSPS) is 11.0. The van der Waals surface area contributed by atoms with Gasteiger partial charge in [0.25, 0.3) is 5.91 Å². The molecule has 4 aromatic rings. The number of hydrogen-bond acceptors (Lipinski definition) is 3. The van der Waals surface area contributed by atoms with Gasteiger partial charge in [-0.25, -0.2) is 4.98 Å². The molecule has 0 aliphatic carbocycles. The number of benzene rings is 1. The highest BCUT2D eigenvalue weighted by atomic mass is 16.3. The molecule has 1 aromatic carbocycles. The van der Waals surface area contributed by atoms with Gasteiger partial charge in [-0.2, -0.15) is 0 Å². The Labute approximate surface area is 151 Å². The van der Waals surface area contributed by atoms with Crippen LogP contribution in [0.2, 0.25) is 0 Å². The molecule has 1 amide bonds. The minimum absolute atomic E-state index is 0.144. The van der Waals surface area contributed by atoms with Crippen LogP contribution < -0.4 is 5.32 Å². The lowest BCUT2D eigenvalue weighted by molar-refractivity contribution is 0.0949. The molecule has 3 heterocycles. The Kier molecular flexibility index (Phi) is 4.05. The maximum atomic E-state index is 12.9. The van der Waals surface area contributed by atoms with Crippen molar-refractivity contribution in [2.75, 3.05) is 0 Å². The van der Waals surface area contributed by atoms with Gasteiger partial charge in [-0.15, -0.1) is 0 Å². The first-order valence-electron chi connectivity index (χ1n) is 8.45. The number of aromatic nitrogens is 2. The van der Waals surface area contributed by atoms with Crippen molar-refractivity contribution < 1.29 is 9.21 Å². The molecule has 0 aliphatic rings. The minimum Gasteiger partial charge on any atom is -0.467 e. The monoisotopic (exact) mass is 345 g/mol. The lowest BCUT2D eigenvalue weighted by atomic mass is 10.0. The summed E-state index contributed by atoms with van der Waals surface area (Å²) in [6.07, 6.45) is 3.56. The van der Waals surface area contributed by atoms with E-state index in [9.17, 15) is 4.79 Å². The number of nitrogens with zero attached hydrogens (tertiary/aromatic N) is 2. The summed E-state index contributed by atoms with van der Waals surface area (Å²) in [6, 6.07) is 15.4. The highest BCUT2D eigenvalue weighted by Gasteiger charge is 2.15. The van der Waals surface area contributed by atoms with E-state index in [-0.39, 0.29) is 5.91 Å². The van der Waals surface area contributed by atoms with Crippen molar-refractivity contribution >= 4 is 16.8 Å². The van der Waals surface area contributed by atoms with Crippen molar-refractivity contribution in [1.82, 2.24) is 14.9 Å². The second kappa shape index (κ2) is 6.52.